The summed E-state index contributed by atoms with van der Waals surface area (Å²) >= 11 is 14.6. The van der Waals surface area contributed by atoms with E-state index in [1.54, 1.807) is 0 Å². The van der Waals surface area contributed by atoms with Crippen LogP contribution in [-0.4, -0.2) is 44.2 Å². The first-order valence-electron chi connectivity index (χ1n) is 10.8. The average Bonchev–Trinajstić information content (AvgIpc) is 2.76. The second-order valence-corrected chi connectivity index (χ2v) is 12.4. The molecule has 2 atom stereocenters. The van der Waals surface area contributed by atoms with E-state index in [4.69, 9.17) is 23.2 Å². The third-order valence-corrected chi connectivity index (χ3v) is 8.82. The Labute approximate surface area is 244 Å². The van der Waals surface area contributed by atoms with E-state index in [9.17, 15) is 57.1 Å². The maximum atomic E-state index is 15.0. The lowest BCUT2D eigenvalue weighted by Gasteiger charge is -2.20. The molecule has 2 aromatic rings. The standard InChI is InChI=1S/C23H16BrCl2F10NO3S/c1-10(8-41(39,40)9-21(28,29)30)37-20(38)13-3-2-11(4-15(13)23(34,35)36)18(27)7-14(22(31,32)33)12-5-16(25)19(24)17(26)6-12/h2-7,10,14H,8-9H2,1H3,(H,37,38)/b18-7-. The third-order valence-electron chi connectivity index (χ3n) is 5.14. The summed E-state index contributed by atoms with van der Waals surface area (Å²) in [6.45, 7) is 0.924. The first kappa shape index (κ1) is 35.2. The molecule has 228 valence electrons. The van der Waals surface area contributed by atoms with Crippen LogP contribution in [0.5, 0.6) is 0 Å². The number of rotatable bonds is 8. The molecule has 0 saturated carbocycles. The zero-order valence-corrected chi connectivity index (χ0v) is 24.0. The van der Waals surface area contributed by atoms with Crippen molar-refractivity contribution in [3.63, 3.8) is 0 Å². The van der Waals surface area contributed by atoms with Gasteiger partial charge in [-0.1, -0.05) is 29.3 Å². The predicted molar refractivity (Wildman–Crippen MR) is 135 cm³/mol. The van der Waals surface area contributed by atoms with Gasteiger partial charge in [0.1, 0.15) is 17.5 Å². The van der Waals surface area contributed by atoms with Crippen molar-refractivity contribution in [2.45, 2.75) is 37.4 Å². The Morgan fingerprint density at radius 1 is 1.00 bits per heavy atom. The van der Waals surface area contributed by atoms with E-state index in [2.05, 4.69) is 15.9 Å². The highest BCUT2D eigenvalue weighted by molar-refractivity contribution is 9.10. The van der Waals surface area contributed by atoms with Crippen LogP contribution >= 0.6 is 39.1 Å². The molecule has 0 aliphatic carbocycles. The van der Waals surface area contributed by atoms with Crippen molar-refractivity contribution in [3.05, 3.63) is 73.2 Å². The molecular weight excluding hydrogens is 711 g/mol. The topological polar surface area (TPSA) is 63.2 Å². The number of benzene rings is 2. The van der Waals surface area contributed by atoms with Crippen molar-refractivity contribution >= 4 is 60.7 Å². The Hall–Kier alpha value is -2.04. The zero-order chi connectivity index (χ0) is 31.7. The van der Waals surface area contributed by atoms with Gasteiger partial charge in [-0.3, -0.25) is 4.79 Å². The third kappa shape index (κ3) is 10.0. The van der Waals surface area contributed by atoms with Gasteiger partial charge in [-0.2, -0.15) is 39.5 Å². The van der Waals surface area contributed by atoms with Crippen molar-refractivity contribution in [2.75, 3.05) is 11.5 Å². The molecule has 0 radical (unpaired) electrons. The number of halogens is 13. The van der Waals surface area contributed by atoms with E-state index in [0.29, 0.717) is 12.1 Å². The number of hydrogen-bond acceptors (Lipinski definition) is 3. The normalized spacial score (nSPS) is 15.0. The minimum Gasteiger partial charge on any atom is -0.349 e. The fourth-order valence-electron chi connectivity index (χ4n) is 3.53. The highest BCUT2D eigenvalue weighted by atomic mass is 79.9. The summed E-state index contributed by atoms with van der Waals surface area (Å²) < 4.78 is 158. The van der Waals surface area contributed by atoms with Crippen LogP contribution in [0.3, 0.4) is 0 Å². The molecule has 0 fully saturated rings. The molecule has 2 rings (SSSR count). The van der Waals surface area contributed by atoms with Gasteiger partial charge in [0, 0.05) is 11.6 Å². The molecule has 0 spiro atoms. The smallest absolute Gasteiger partial charge is 0.349 e. The molecule has 0 aliphatic heterocycles. The molecule has 0 aliphatic rings. The van der Waals surface area contributed by atoms with E-state index in [1.807, 2.05) is 5.32 Å². The van der Waals surface area contributed by atoms with Crippen LogP contribution in [0.15, 0.2) is 40.9 Å². The van der Waals surface area contributed by atoms with Crippen molar-refractivity contribution in [1.82, 2.24) is 5.32 Å². The van der Waals surface area contributed by atoms with Gasteiger partial charge in [0.05, 0.1) is 31.4 Å². The van der Waals surface area contributed by atoms with Gasteiger partial charge in [-0.15, -0.1) is 0 Å². The number of carbonyl (C=O) groups excluding carboxylic acids is 1. The maximum absolute atomic E-state index is 15.0. The van der Waals surface area contributed by atoms with E-state index in [-0.39, 0.29) is 26.7 Å². The predicted octanol–water partition coefficient (Wildman–Crippen LogP) is 8.53. The average molecular weight is 727 g/mol. The van der Waals surface area contributed by atoms with Crippen LogP contribution in [-0.2, 0) is 16.0 Å². The Balaban J connectivity index is 2.46. The molecule has 0 saturated heterocycles. The molecule has 0 aromatic heterocycles. The zero-order valence-electron chi connectivity index (χ0n) is 20.1. The van der Waals surface area contributed by atoms with Gasteiger partial charge in [0.15, 0.2) is 9.84 Å². The number of sulfone groups is 1. The minimum atomic E-state index is -5.36. The molecule has 4 nitrogen and oxygen atoms in total. The second-order valence-electron chi connectivity index (χ2n) is 8.63. The van der Waals surface area contributed by atoms with Crippen molar-refractivity contribution in [3.8, 4) is 0 Å². The van der Waals surface area contributed by atoms with Crippen LogP contribution in [0.2, 0.25) is 10.0 Å². The van der Waals surface area contributed by atoms with Crippen LogP contribution in [0.25, 0.3) is 5.83 Å². The minimum absolute atomic E-state index is 0.0152. The van der Waals surface area contributed by atoms with Crippen LogP contribution in [0.4, 0.5) is 43.9 Å². The van der Waals surface area contributed by atoms with Gasteiger partial charge >= 0.3 is 18.5 Å². The molecule has 2 unspecified atom stereocenters. The lowest BCUT2D eigenvalue weighted by atomic mass is 9.95. The quantitative estimate of drug-likeness (QED) is 0.219. The van der Waals surface area contributed by atoms with Gasteiger partial charge < -0.3 is 5.32 Å². The first-order chi connectivity index (χ1) is 18.4. The Bertz CT molecular complexity index is 1420. The molecule has 0 heterocycles. The van der Waals surface area contributed by atoms with Crippen molar-refractivity contribution in [1.29, 1.82) is 0 Å². The molecule has 1 N–H and O–H groups in total. The Kier molecular flexibility index (Phi) is 10.9. The summed E-state index contributed by atoms with van der Waals surface area (Å²) in [6.07, 6.45) is -15.6. The molecule has 1 amide bonds. The van der Waals surface area contributed by atoms with Crippen molar-refractivity contribution in [2.24, 2.45) is 0 Å². The lowest BCUT2D eigenvalue weighted by Crippen LogP contribution is -2.40. The second kappa shape index (κ2) is 12.7. The van der Waals surface area contributed by atoms with Gasteiger partial charge in [-0.25, -0.2) is 12.8 Å². The number of alkyl halides is 9. The molecule has 18 heteroatoms. The Morgan fingerprint density at radius 2 is 1.54 bits per heavy atom. The first-order valence-corrected chi connectivity index (χ1v) is 14.2. The Morgan fingerprint density at radius 3 is 2.00 bits per heavy atom. The highest BCUT2D eigenvalue weighted by Crippen LogP contribution is 2.43. The molecule has 2 aromatic carbocycles. The summed E-state index contributed by atoms with van der Waals surface area (Å²) in [6, 6.07) is 1.11. The SMILES string of the molecule is CC(CS(=O)(=O)CC(F)(F)F)NC(=O)c1ccc(/C(F)=C/C(c2cc(Cl)c(Br)c(Cl)c2)C(F)(F)F)cc1C(F)(F)F. The number of amides is 1. The van der Waals surface area contributed by atoms with E-state index < -0.39 is 85.8 Å². The lowest BCUT2D eigenvalue weighted by molar-refractivity contribution is -0.140. The summed E-state index contributed by atoms with van der Waals surface area (Å²) in [4.78, 5) is 12.4. The van der Waals surface area contributed by atoms with Crippen LogP contribution in [0, 0.1) is 0 Å². The van der Waals surface area contributed by atoms with Gasteiger partial charge in [0.25, 0.3) is 5.91 Å². The van der Waals surface area contributed by atoms with Crippen LogP contribution in [0.1, 0.15) is 39.9 Å². The van der Waals surface area contributed by atoms with E-state index in [1.165, 1.54) is 0 Å². The van der Waals surface area contributed by atoms with E-state index >= 15 is 0 Å². The fraction of sp³-hybridized carbons (Fsp3) is 0.348. The summed E-state index contributed by atoms with van der Waals surface area (Å²) in [7, 11) is -4.81. The van der Waals surface area contributed by atoms with Crippen LogP contribution < -0.4 is 5.32 Å². The van der Waals surface area contributed by atoms with Gasteiger partial charge in [-0.05, 0) is 58.8 Å². The number of allylic oxidation sites excluding steroid dienone is 1. The number of hydrogen-bond donors (Lipinski definition) is 1. The molecule has 41 heavy (non-hydrogen) atoms. The maximum Gasteiger partial charge on any atom is 0.417 e. The fourth-order valence-corrected chi connectivity index (χ4v) is 5.73. The number of nitrogens with one attached hydrogen (secondary N) is 1. The van der Waals surface area contributed by atoms with E-state index in [0.717, 1.165) is 19.1 Å². The summed E-state index contributed by atoms with van der Waals surface area (Å²) in [5, 5.41) is 1.30. The highest BCUT2D eigenvalue weighted by Gasteiger charge is 2.41. The number of carbonyl (C=O) groups is 1. The van der Waals surface area contributed by atoms with Gasteiger partial charge in [0.2, 0.25) is 0 Å². The molecule has 0 bridgehead atoms. The molecular formula is C23H16BrCl2F10NO3S. The summed E-state index contributed by atoms with van der Waals surface area (Å²) in [5.74, 6) is -9.53. The van der Waals surface area contributed by atoms with Crippen molar-refractivity contribution < 1.29 is 57.1 Å². The largest absolute Gasteiger partial charge is 0.417 e. The monoisotopic (exact) mass is 725 g/mol. The summed E-state index contributed by atoms with van der Waals surface area (Å²) in [5.41, 5.74) is -4.63.